The van der Waals surface area contributed by atoms with Gasteiger partial charge in [-0.1, -0.05) is 18.2 Å². The van der Waals surface area contributed by atoms with Crippen LogP contribution in [-0.4, -0.2) is 46.1 Å². The highest BCUT2D eigenvalue weighted by Gasteiger charge is 2.28. The van der Waals surface area contributed by atoms with Crippen LogP contribution in [0.4, 0.5) is 13.2 Å². The monoisotopic (exact) mass is 386 g/mol. The van der Waals surface area contributed by atoms with E-state index in [-0.39, 0.29) is 18.1 Å². The normalized spacial score (nSPS) is 12.5. The van der Waals surface area contributed by atoms with Crippen molar-refractivity contribution in [3.63, 3.8) is 0 Å². The maximum atomic E-state index is 12.4. The summed E-state index contributed by atoms with van der Waals surface area (Å²) < 4.78 is 52.5. The zero-order valence-corrected chi connectivity index (χ0v) is 14.9. The van der Waals surface area contributed by atoms with Crippen LogP contribution in [-0.2, 0) is 17.3 Å². The first-order valence-corrected chi connectivity index (χ1v) is 9.06. The van der Waals surface area contributed by atoms with Gasteiger partial charge in [-0.15, -0.1) is 0 Å². The van der Waals surface area contributed by atoms with Crippen LogP contribution in [0.1, 0.15) is 16.1 Å². The fourth-order valence-corrected chi connectivity index (χ4v) is 2.62. The standard InChI is InChI=1S/C17H17F3N2O3S/c1-22(10-12-6-8-13(9-7-12)26(2)24)16(23)14-4-3-5-15(21-14)25-11-17(18,19)20/h3-9H,10-11H2,1-2H3. The molecule has 9 heteroatoms. The van der Waals surface area contributed by atoms with Crippen molar-refractivity contribution in [1.82, 2.24) is 9.88 Å². The minimum absolute atomic E-state index is 0.0153. The number of ether oxygens (including phenoxy) is 1. The highest BCUT2D eigenvalue weighted by molar-refractivity contribution is 7.84. The van der Waals surface area contributed by atoms with E-state index in [0.717, 1.165) is 5.56 Å². The number of carbonyl (C=O) groups is 1. The van der Waals surface area contributed by atoms with E-state index < -0.39 is 29.5 Å². The molecular weight excluding hydrogens is 369 g/mol. The Morgan fingerprint density at radius 1 is 1.19 bits per heavy atom. The topological polar surface area (TPSA) is 59.5 Å². The molecule has 1 heterocycles. The van der Waals surface area contributed by atoms with Crippen LogP contribution >= 0.6 is 0 Å². The number of pyridine rings is 1. The van der Waals surface area contributed by atoms with Gasteiger partial charge in [0.15, 0.2) is 6.61 Å². The van der Waals surface area contributed by atoms with E-state index >= 15 is 0 Å². The smallest absolute Gasteiger partial charge is 0.422 e. The molecule has 2 rings (SSSR count). The molecule has 5 nitrogen and oxygen atoms in total. The minimum Gasteiger partial charge on any atom is -0.468 e. The van der Waals surface area contributed by atoms with E-state index in [1.54, 1.807) is 37.6 Å². The third-order valence-corrected chi connectivity index (χ3v) is 4.28. The Morgan fingerprint density at radius 2 is 1.85 bits per heavy atom. The molecule has 1 atom stereocenters. The third kappa shape index (κ3) is 5.83. The molecule has 0 aliphatic carbocycles. The fraction of sp³-hybridized carbons (Fsp3) is 0.294. The van der Waals surface area contributed by atoms with Crippen LogP contribution in [0.5, 0.6) is 5.88 Å². The molecule has 140 valence electrons. The zero-order valence-electron chi connectivity index (χ0n) is 14.1. The lowest BCUT2D eigenvalue weighted by atomic mass is 10.2. The average Bonchev–Trinajstić information content (AvgIpc) is 2.59. The predicted molar refractivity (Wildman–Crippen MR) is 90.4 cm³/mol. The number of amides is 1. The molecule has 0 spiro atoms. The maximum Gasteiger partial charge on any atom is 0.422 e. The van der Waals surface area contributed by atoms with Crippen molar-refractivity contribution in [2.45, 2.75) is 17.6 Å². The lowest BCUT2D eigenvalue weighted by Gasteiger charge is -2.17. The van der Waals surface area contributed by atoms with Crippen molar-refractivity contribution in [2.24, 2.45) is 0 Å². The van der Waals surface area contributed by atoms with Crippen LogP contribution in [0.2, 0.25) is 0 Å². The number of rotatable bonds is 6. The summed E-state index contributed by atoms with van der Waals surface area (Å²) in [6, 6.07) is 11.0. The second-order valence-corrected chi connectivity index (χ2v) is 6.90. The highest BCUT2D eigenvalue weighted by atomic mass is 32.2. The summed E-state index contributed by atoms with van der Waals surface area (Å²) >= 11 is 0. The Labute approximate surface area is 151 Å². The summed E-state index contributed by atoms with van der Waals surface area (Å²) in [6.07, 6.45) is -2.91. The summed E-state index contributed by atoms with van der Waals surface area (Å²) in [5.74, 6) is -0.720. The quantitative estimate of drug-likeness (QED) is 0.766. The molecular formula is C17H17F3N2O3S. The Kier molecular flexibility index (Phi) is 6.36. The number of benzene rings is 1. The SMILES string of the molecule is CN(Cc1ccc(S(C)=O)cc1)C(=O)c1cccc(OCC(F)(F)F)n1. The van der Waals surface area contributed by atoms with Gasteiger partial charge in [0.05, 0.1) is 0 Å². The second kappa shape index (κ2) is 8.31. The predicted octanol–water partition coefficient (Wildman–Crippen LogP) is 3.03. The Hall–Kier alpha value is -2.42. The first kappa shape index (κ1) is 19.9. The molecule has 0 fully saturated rings. The van der Waals surface area contributed by atoms with Crippen molar-refractivity contribution in [3.05, 3.63) is 53.7 Å². The molecule has 1 aromatic heterocycles. The minimum atomic E-state index is -4.48. The Morgan fingerprint density at radius 3 is 2.42 bits per heavy atom. The first-order chi connectivity index (χ1) is 12.2. The van der Waals surface area contributed by atoms with Gasteiger partial charge in [-0.3, -0.25) is 9.00 Å². The number of carbonyl (C=O) groups excluding carboxylic acids is 1. The van der Waals surface area contributed by atoms with Crippen LogP contribution in [0.15, 0.2) is 47.4 Å². The fourth-order valence-electron chi connectivity index (χ4n) is 2.10. The lowest BCUT2D eigenvalue weighted by Crippen LogP contribution is -2.27. The summed E-state index contributed by atoms with van der Waals surface area (Å²) in [5.41, 5.74) is 0.804. The number of halogens is 3. The van der Waals surface area contributed by atoms with E-state index in [2.05, 4.69) is 9.72 Å². The summed E-state index contributed by atoms with van der Waals surface area (Å²) in [6.45, 7) is -1.20. The number of alkyl halides is 3. The van der Waals surface area contributed by atoms with Crippen LogP contribution < -0.4 is 4.74 Å². The van der Waals surface area contributed by atoms with E-state index in [4.69, 9.17) is 0 Å². The molecule has 1 amide bonds. The number of hydrogen-bond acceptors (Lipinski definition) is 4. The van der Waals surface area contributed by atoms with Gasteiger partial charge in [0.25, 0.3) is 5.91 Å². The third-order valence-electron chi connectivity index (χ3n) is 3.35. The molecule has 1 unspecified atom stereocenters. The van der Waals surface area contributed by atoms with E-state index in [9.17, 15) is 22.2 Å². The van der Waals surface area contributed by atoms with E-state index in [0.29, 0.717) is 4.90 Å². The van der Waals surface area contributed by atoms with Crippen molar-refractivity contribution in [3.8, 4) is 5.88 Å². The van der Waals surface area contributed by atoms with E-state index in [1.807, 2.05) is 0 Å². The number of aromatic nitrogens is 1. The van der Waals surface area contributed by atoms with Crippen molar-refractivity contribution < 1.29 is 26.9 Å². The van der Waals surface area contributed by atoms with Gasteiger partial charge in [0.1, 0.15) is 5.69 Å². The highest BCUT2D eigenvalue weighted by Crippen LogP contribution is 2.18. The van der Waals surface area contributed by atoms with Gasteiger partial charge in [-0.05, 0) is 23.8 Å². The summed E-state index contributed by atoms with van der Waals surface area (Å²) in [4.78, 5) is 18.3. The summed E-state index contributed by atoms with van der Waals surface area (Å²) in [7, 11) is 0.471. The van der Waals surface area contributed by atoms with Gasteiger partial charge in [-0.2, -0.15) is 13.2 Å². The van der Waals surface area contributed by atoms with Gasteiger partial charge in [0, 0.05) is 41.6 Å². The van der Waals surface area contributed by atoms with Gasteiger partial charge in [0.2, 0.25) is 5.88 Å². The molecule has 0 bridgehead atoms. The lowest BCUT2D eigenvalue weighted by molar-refractivity contribution is -0.154. The molecule has 0 saturated heterocycles. The van der Waals surface area contributed by atoms with Crippen molar-refractivity contribution in [2.75, 3.05) is 19.9 Å². The van der Waals surface area contributed by atoms with Gasteiger partial charge < -0.3 is 9.64 Å². The second-order valence-electron chi connectivity index (χ2n) is 5.52. The van der Waals surface area contributed by atoms with Gasteiger partial charge >= 0.3 is 6.18 Å². The largest absolute Gasteiger partial charge is 0.468 e. The molecule has 0 aliphatic rings. The summed E-state index contributed by atoms with van der Waals surface area (Å²) in [5, 5.41) is 0. The molecule has 26 heavy (non-hydrogen) atoms. The molecule has 0 radical (unpaired) electrons. The molecule has 1 aromatic carbocycles. The Bertz CT molecular complexity index is 795. The van der Waals surface area contributed by atoms with Crippen molar-refractivity contribution >= 4 is 16.7 Å². The number of hydrogen-bond donors (Lipinski definition) is 0. The Balaban J connectivity index is 2.04. The van der Waals surface area contributed by atoms with E-state index in [1.165, 1.54) is 23.1 Å². The van der Waals surface area contributed by atoms with Crippen molar-refractivity contribution in [1.29, 1.82) is 0 Å². The van der Waals surface area contributed by atoms with Crippen LogP contribution in [0.25, 0.3) is 0 Å². The first-order valence-electron chi connectivity index (χ1n) is 7.50. The van der Waals surface area contributed by atoms with Crippen LogP contribution in [0, 0.1) is 0 Å². The maximum absolute atomic E-state index is 12.4. The van der Waals surface area contributed by atoms with Crippen LogP contribution in [0.3, 0.4) is 0 Å². The molecule has 2 aromatic rings. The molecule has 0 N–H and O–H groups in total. The van der Waals surface area contributed by atoms with Gasteiger partial charge in [-0.25, -0.2) is 4.98 Å². The molecule has 0 aliphatic heterocycles. The molecule has 0 saturated carbocycles. The zero-order chi connectivity index (χ0) is 19.3. The average molecular weight is 386 g/mol. The number of nitrogens with zero attached hydrogens (tertiary/aromatic N) is 2.